The molecule has 0 amide bonds. The summed E-state index contributed by atoms with van der Waals surface area (Å²) in [5, 5.41) is 3.51. The lowest BCUT2D eigenvalue weighted by atomic mass is 9.95. The molecule has 0 bridgehead atoms. The smallest absolute Gasteiger partial charge is 0.134 e. The molecule has 1 heterocycles. The molecule has 0 radical (unpaired) electrons. The first-order valence-electron chi connectivity index (χ1n) is 6.99. The highest BCUT2D eigenvalue weighted by molar-refractivity contribution is 5.55. The SMILES string of the molecule is CCCc1c(N)ncnc1NC(C)C(CC)CC. The molecule has 0 saturated heterocycles. The lowest BCUT2D eigenvalue weighted by molar-refractivity contribution is 0.436. The van der Waals surface area contributed by atoms with Crippen LogP contribution < -0.4 is 11.1 Å². The topological polar surface area (TPSA) is 63.8 Å². The van der Waals surface area contributed by atoms with Crippen molar-refractivity contribution in [2.24, 2.45) is 5.92 Å². The largest absolute Gasteiger partial charge is 0.383 e. The maximum atomic E-state index is 5.93. The molecule has 0 saturated carbocycles. The highest BCUT2D eigenvalue weighted by Crippen LogP contribution is 2.23. The molecule has 1 aromatic heterocycles. The average Bonchev–Trinajstić information content (AvgIpc) is 2.35. The van der Waals surface area contributed by atoms with Crippen LogP contribution in [0.15, 0.2) is 6.33 Å². The summed E-state index contributed by atoms with van der Waals surface area (Å²) in [7, 11) is 0. The monoisotopic (exact) mass is 250 g/mol. The van der Waals surface area contributed by atoms with Gasteiger partial charge < -0.3 is 11.1 Å². The quantitative estimate of drug-likeness (QED) is 0.779. The highest BCUT2D eigenvalue weighted by Gasteiger charge is 2.16. The predicted molar refractivity (Wildman–Crippen MR) is 77.6 cm³/mol. The number of aromatic nitrogens is 2. The van der Waals surface area contributed by atoms with Crippen molar-refractivity contribution in [1.82, 2.24) is 9.97 Å². The maximum absolute atomic E-state index is 5.93. The molecule has 18 heavy (non-hydrogen) atoms. The van der Waals surface area contributed by atoms with E-state index in [1.54, 1.807) is 0 Å². The molecule has 1 rings (SSSR count). The molecule has 1 unspecified atom stereocenters. The third-order valence-corrected chi connectivity index (χ3v) is 3.60. The van der Waals surface area contributed by atoms with Crippen LogP contribution in [0.4, 0.5) is 11.6 Å². The van der Waals surface area contributed by atoms with E-state index in [1.165, 1.54) is 19.2 Å². The molecule has 0 aliphatic carbocycles. The van der Waals surface area contributed by atoms with Gasteiger partial charge in [-0.2, -0.15) is 0 Å². The number of nitrogen functional groups attached to an aromatic ring is 1. The summed E-state index contributed by atoms with van der Waals surface area (Å²) >= 11 is 0. The van der Waals surface area contributed by atoms with Gasteiger partial charge in [0.05, 0.1) is 0 Å². The van der Waals surface area contributed by atoms with E-state index >= 15 is 0 Å². The van der Waals surface area contributed by atoms with Crippen LogP contribution >= 0.6 is 0 Å². The van der Waals surface area contributed by atoms with Crippen LogP contribution in [0.5, 0.6) is 0 Å². The standard InChI is InChI=1S/C14H26N4/c1-5-8-12-13(15)16-9-17-14(12)18-10(4)11(6-2)7-3/h9-11H,5-8H2,1-4H3,(H3,15,16,17,18). The van der Waals surface area contributed by atoms with Gasteiger partial charge >= 0.3 is 0 Å². The number of hydrogen-bond acceptors (Lipinski definition) is 4. The third kappa shape index (κ3) is 3.59. The first-order chi connectivity index (χ1) is 8.63. The summed E-state index contributed by atoms with van der Waals surface area (Å²) in [6.07, 6.45) is 5.86. The molecule has 3 N–H and O–H groups in total. The van der Waals surface area contributed by atoms with E-state index in [0.717, 1.165) is 24.2 Å². The summed E-state index contributed by atoms with van der Waals surface area (Å²) in [5.74, 6) is 2.17. The molecule has 0 aromatic carbocycles. The van der Waals surface area contributed by atoms with E-state index in [4.69, 9.17) is 5.73 Å². The van der Waals surface area contributed by atoms with Gasteiger partial charge in [0, 0.05) is 11.6 Å². The number of nitrogens with two attached hydrogens (primary N) is 1. The van der Waals surface area contributed by atoms with E-state index in [9.17, 15) is 0 Å². The van der Waals surface area contributed by atoms with Gasteiger partial charge in [-0.05, 0) is 19.3 Å². The van der Waals surface area contributed by atoms with Gasteiger partial charge in [0.15, 0.2) is 0 Å². The van der Waals surface area contributed by atoms with Crippen molar-refractivity contribution in [2.45, 2.75) is 59.4 Å². The number of hydrogen-bond donors (Lipinski definition) is 2. The summed E-state index contributed by atoms with van der Waals surface area (Å²) in [6, 6.07) is 0.407. The number of anilines is 2. The zero-order valence-corrected chi connectivity index (χ0v) is 12.0. The van der Waals surface area contributed by atoms with Gasteiger partial charge in [-0.3, -0.25) is 0 Å². The van der Waals surface area contributed by atoms with E-state index < -0.39 is 0 Å². The Kier molecular flexibility index (Phi) is 5.89. The first-order valence-corrected chi connectivity index (χ1v) is 6.99. The van der Waals surface area contributed by atoms with Gasteiger partial charge in [0.1, 0.15) is 18.0 Å². The molecule has 0 aliphatic rings. The number of rotatable bonds is 7. The Morgan fingerprint density at radius 2 is 1.89 bits per heavy atom. The summed E-state index contributed by atoms with van der Waals surface area (Å²) < 4.78 is 0. The van der Waals surface area contributed by atoms with Crippen molar-refractivity contribution < 1.29 is 0 Å². The van der Waals surface area contributed by atoms with Gasteiger partial charge in [-0.15, -0.1) is 0 Å². The first kappa shape index (κ1) is 14.7. The van der Waals surface area contributed by atoms with Crippen LogP contribution in [-0.4, -0.2) is 16.0 Å². The van der Waals surface area contributed by atoms with Crippen molar-refractivity contribution in [1.29, 1.82) is 0 Å². The molecule has 0 aliphatic heterocycles. The molecule has 102 valence electrons. The van der Waals surface area contributed by atoms with Crippen molar-refractivity contribution in [3.8, 4) is 0 Å². The van der Waals surface area contributed by atoms with Crippen LogP contribution in [-0.2, 0) is 6.42 Å². The molecule has 0 fully saturated rings. The fourth-order valence-electron chi connectivity index (χ4n) is 2.38. The molecule has 1 atom stereocenters. The van der Waals surface area contributed by atoms with Gasteiger partial charge in [-0.1, -0.05) is 40.0 Å². The molecular formula is C14H26N4. The Hall–Kier alpha value is -1.32. The Labute approximate surface area is 110 Å². The minimum absolute atomic E-state index is 0.407. The van der Waals surface area contributed by atoms with E-state index in [-0.39, 0.29) is 0 Å². The Bertz CT molecular complexity index is 361. The molecule has 1 aromatic rings. The minimum atomic E-state index is 0.407. The minimum Gasteiger partial charge on any atom is -0.383 e. The number of nitrogens with zero attached hydrogens (tertiary/aromatic N) is 2. The Balaban J connectivity index is 2.86. The fourth-order valence-corrected chi connectivity index (χ4v) is 2.38. The fraction of sp³-hybridized carbons (Fsp3) is 0.714. The predicted octanol–water partition coefficient (Wildman–Crippen LogP) is 3.25. The van der Waals surface area contributed by atoms with Crippen LogP contribution in [0.2, 0.25) is 0 Å². The lowest BCUT2D eigenvalue weighted by Crippen LogP contribution is -2.26. The molecule has 4 heteroatoms. The Morgan fingerprint density at radius 1 is 1.22 bits per heavy atom. The third-order valence-electron chi connectivity index (χ3n) is 3.60. The van der Waals surface area contributed by atoms with Gasteiger partial charge in [0.2, 0.25) is 0 Å². The van der Waals surface area contributed by atoms with Crippen molar-refractivity contribution in [3.63, 3.8) is 0 Å². The normalized spacial score (nSPS) is 12.7. The van der Waals surface area contributed by atoms with E-state index in [0.29, 0.717) is 17.8 Å². The second kappa shape index (κ2) is 7.19. The molecule has 4 nitrogen and oxygen atoms in total. The van der Waals surface area contributed by atoms with E-state index in [1.807, 2.05) is 0 Å². The lowest BCUT2D eigenvalue weighted by Gasteiger charge is -2.24. The highest BCUT2D eigenvalue weighted by atomic mass is 15.1. The summed E-state index contributed by atoms with van der Waals surface area (Å²) in [4.78, 5) is 8.42. The summed E-state index contributed by atoms with van der Waals surface area (Å²) in [6.45, 7) is 8.81. The van der Waals surface area contributed by atoms with E-state index in [2.05, 4.69) is 43.0 Å². The van der Waals surface area contributed by atoms with Crippen LogP contribution in [0.1, 0.15) is 52.5 Å². The number of nitrogens with one attached hydrogen (secondary N) is 1. The van der Waals surface area contributed by atoms with Crippen LogP contribution in [0.25, 0.3) is 0 Å². The average molecular weight is 250 g/mol. The molecule has 0 spiro atoms. The van der Waals surface area contributed by atoms with Crippen molar-refractivity contribution in [2.75, 3.05) is 11.1 Å². The van der Waals surface area contributed by atoms with Gasteiger partial charge in [-0.25, -0.2) is 9.97 Å². The second-order valence-electron chi connectivity index (χ2n) is 4.85. The summed E-state index contributed by atoms with van der Waals surface area (Å²) in [5.41, 5.74) is 6.99. The van der Waals surface area contributed by atoms with Crippen LogP contribution in [0.3, 0.4) is 0 Å². The van der Waals surface area contributed by atoms with Crippen molar-refractivity contribution >= 4 is 11.6 Å². The van der Waals surface area contributed by atoms with Crippen molar-refractivity contribution in [3.05, 3.63) is 11.9 Å². The Morgan fingerprint density at radius 3 is 2.44 bits per heavy atom. The van der Waals surface area contributed by atoms with Gasteiger partial charge in [0.25, 0.3) is 0 Å². The second-order valence-corrected chi connectivity index (χ2v) is 4.85. The zero-order chi connectivity index (χ0) is 13.5. The molecular weight excluding hydrogens is 224 g/mol. The zero-order valence-electron chi connectivity index (χ0n) is 12.0. The van der Waals surface area contributed by atoms with Crippen LogP contribution in [0, 0.1) is 5.92 Å². The maximum Gasteiger partial charge on any atom is 0.134 e.